The van der Waals surface area contributed by atoms with Crippen LogP contribution in [0.2, 0.25) is 5.02 Å². The molecule has 0 bridgehead atoms. The fraction of sp³-hybridized carbons (Fsp3) is 0.292. The summed E-state index contributed by atoms with van der Waals surface area (Å²) in [5.74, 6) is -1.54. The van der Waals surface area contributed by atoms with E-state index in [2.05, 4.69) is 9.82 Å². The van der Waals surface area contributed by atoms with Crippen LogP contribution in [0.3, 0.4) is 0 Å². The first-order valence-electron chi connectivity index (χ1n) is 11.1. The number of nitrogens with zero attached hydrogens (tertiary/aromatic N) is 3. The van der Waals surface area contributed by atoms with Gasteiger partial charge >= 0.3 is 6.18 Å². The summed E-state index contributed by atoms with van der Waals surface area (Å²) >= 11 is 6.38. The van der Waals surface area contributed by atoms with Gasteiger partial charge in [-0.15, -0.1) is 0 Å². The van der Waals surface area contributed by atoms with E-state index in [1.165, 1.54) is 29.1 Å². The average molecular weight is 587 g/mol. The lowest BCUT2D eigenvalue weighted by Gasteiger charge is -2.22. The van der Waals surface area contributed by atoms with Crippen LogP contribution in [0.15, 0.2) is 47.5 Å². The molecular weight excluding hydrogens is 565 g/mol. The number of thioether (sulfide) groups is 1. The van der Waals surface area contributed by atoms with Crippen molar-refractivity contribution in [3.05, 3.63) is 69.2 Å². The molecule has 1 fully saturated rings. The first-order valence-corrected chi connectivity index (χ1v) is 14.0. The molecule has 3 aromatic rings. The molecular formula is C24H22ClF3N4O4S2. The Bertz CT molecular complexity index is 1580. The Kier molecular flexibility index (Phi) is 7.43. The fourth-order valence-electron chi connectivity index (χ4n) is 3.86. The molecule has 14 heteroatoms. The Hall–Kier alpha value is -2.87. The topological polar surface area (TPSA) is 101 Å². The summed E-state index contributed by atoms with van der Waals surface area (Å²) in [6.45, 7) is 4.77. The van der Waals surface area contributed by atoms with Crippen molar-refractivity contribution in [1.29, 1.82) is 0 Å². The van der Waals surface area contributed by atoms with E-state index in [9.17, 15) is 31.2 Å². The molecule has 1 saturated heterocycles. The third kappa shape index (κ3) is 6.40. The number of aromatic nitrogens is 2. The number of hydrogen-bond acceptors (Lipinski definition) is 6. The van der Waals surface area contributed by atoms with Crippen LogP contribution in [0, 0.1) is 0 Å². The van der Waals surface area contributed by atoms with Gasteiger partial charge in [-0.1, -0.05) is 23.7 Å². The van der Waals surface area contributed by atoms with Gasteiger partial charge in [-0.3, -0.25) is 19.2 Å². The Morgan fingerprint density at radius 3 is 2.47 bits per heavy atom. The van der Waals surface area contributed by atoms with Crippen LogP contribution in [0.4, 0.5) is 18.0 Å². The highest BCUT2D eigenvalue weighted by molar-refractivity contribution is 8.18. The van der Waals surface area contributed by atoms with Gasteiger partial charge in [0.1, 0.15) is 5.88 Å². The zero-order valence-electron chi connectivity index (χ0n) is 20.3. The van der Waals surface area contributed by atoms with Gasteiger partial charge in [-0.2, -0.15) is 18.3 Å². The third-order valence-corrected chi connectivity index (χ3v) is 7.96. The second-order valence-electron chi connectivity index (χ2n) is 9.63. The van der Waals surface area contributed by atoms with E-state index in [0.29, 0.717) is 33.1 Å². The second-order valence-corrected chi connectivity index (χ2v) is 12.7. The van der Waals surface area contributed by atoms with Crippen LogP contribution >= 0.6 is 23.4 Å². The number of carbonyl (C=O) groups excluding carboxylic acids is 2. The molecule has 1 aliphatic rings. The van der Waals surface area contributed by atoms with Crippen LogP contribution in [0.5, 0.6) is 0 Å². The van der Waals surface area contributed by atoms with Gasteiger partial charge < -0.3 is 0 Å². The quantitative estimate of drug-likeness (QED) is 0.385. The van der Waals surface area contributed by atoms with Crippen LogP contribution in [-0.2, 0) is 27.5 Å². The molecule has 1 N–H and O–H groups in total. The van der Waals surface area contributed by atoms with E-state index in [0.717, 1.165) is 6.07 Å². The lowest BCUT2D eigenvalue weighted by Crippen LogP contribution is -2.46. The number of amides is 2. The molecule has 202 valence electrons. The van der Waals surface area contributed by atoms with E-state index in [1.54, 1.807) is 39.0 Å². The molecule has 1 aromatic heterocycles. The Morgan fingerprint density at radius 1 is 1.11 bits per heavy atom. The molecule has 4 rings (SSSR count). The molecule has 38 heavy (non-hydrogen) atoms. The van der Waals surface area contributed by atoms with Gasteiger partial charge in [0, 0.05) is 15.9 Å². The highest BCUT2D eigenvalue weighted by Gasteiger charge is 2.38. The number of imide groups is 1. The molecule has 2 aromatic carbocycles. The summed E-state index contributed by atoms with van der Waals surface area (Å²) in [6, 6.07) is 8.49. The molecule has 0 radical (unpaired) electrons. The number of fused-ring (bicyclic) bond motifs is 1. The highest BCUT2D eigenvalue weighted by Crippen LogP contribution is 2.35. The van der Waals surface area contributed by atoms with Crippen LogP contribution in [0.25, 0.3) is 17.0 Å². The molecule has 2 heterocycles. The zero-order valence-corrected chi connectivity index (χ0v) is 22.7. The van der Waals surface area contributed by atoms with E-state index in [4.69, 9.17) is 11.6 Å². The summed E-state index contributed by atoms with van der Waals surface area (Å²) in [6.07, 6.45) is -1.65. The molecule has 0 unspecified atom stereocenters. The van der Waals surface area contributed by atoms with Gasteiger partial charge in [0.25, 0.3) is 11.1 Å². The van der Waals surface area contributed by atoms with Crippen LogP contribution in [0.1, 0.15) is 37.5 Å². The number of benzene rings is 2. The average Bonchev–Trinajstić information content (AvgIpc) is 3.28. The number of carbonyl (C=O) groups is 2. The maximum atomic E-state index is 13.5. The first kappa shape index (κ1) is 28.1. The summed E-state index contributed by atoms with van der Waals surface area (Å²) in [4.78, 5) is 25.9. The first-order chi connectivity index (χ1) is 17.5. The predicted octanol–water partition coefficient (Wildman–Crippen LogP) is 5.47. The van der Waals surface area contributed by atoms with Crippen molar-refractivity contribution in [2.45, 2.75) is 39.0 Å². The number of hydrogen-bond donors (Lipinski definition) is 1. The Balaban J connectivity index is 1.57. The van der Waals surface area contributed by atoms with Gasteiger partial charge in [-0.25, -0.2) is 13.1 Å². The smallest absolute Gasteiger partial charge is 0.268 e. The van der Waals surface area contributed by atoms with Gasteiger partial charge in [0.2, 0.25) is 10.0 Å². The SMILES string of the molecule is CC(C)(C)NS(=O)(=O)CN1C(=O)SC(=Cc2ccc3c(cnn3Cc3ccc(Cl)cc3C(F)(F)F)c2)C1=O. The fourth-order valence-corrected chi connectivity index (χ4v) is 6.53. The molecule has 0 spiro atoms. The summed E-state index contributed by atoms with van der Waals surface area (Å²) in [7, 11) is -3.95. The molecule has 8 nitrogen and oxygen atoms in total. The Labute approximate surface area is 225 Å². The van der Waals surface area contributed by atoms with Crippen LogP contribution < -0.4 is 4.72 Å². The number of rotatable bonds is 6. The summed E-state index contributed by atoms with van der Waals surface area (Å²) in [5.41, 5.74) is -0.544. The number of nitrogens with one attached hydrogen (secondary N) is 1. The zero-order chi connectivity index (χ0) is 28.0. The lowest BCUT2D eigenvalue weighted by molar-refractivity contribution is -0.138. The van der Waals surface area contributed by atoms with E-state index in [1.807, 2.05) is 0 Å². The molecule has 1 aliphatic heterocycles. The summed E-state index contributed by atoms with van der Waals surface area (Å²) < 4.78 is 69.0. The van der Waals surface area contributed by atoms with Gasteiger partial charge in [0.15, 0.2) is 0 Å². The van der Waals surface area contributed by atoms with Crippen molar-refractivity contribution >= 4 is 61.5 Å². The van der Waals surface area contributed by atoms with Crippen molar-refractivity contribution < 1.29 is 31.2 Å². The van der Waals surface area contributed by atoms with E-state index in [-0.39, 0.29) is 22.0 Å². The minimum Gasteiger partial charge on any atom is -0.268 e. The number of sulfonamides is 1. The minimum absolute atomic E-state index is 0.000512. The van der Waals surface area contributed by atoms with Crippen molar-refractivity contribution in [1.82, 2.24) is 19.4 Å². The normalized spacial score (nSPS) is 16.3. The number of alkyl halides is 3. The lowest BCUT2D eigenvalue weighted by atomic mass is 10.1. The van der Waals surface area contributed by atoms with Crippen molar-refractivity contribution in [3.63, 3.8) is 0 Å². The molecule has 0 atom stereocenters. The minimum atomic E-state index is -4.58. The predicted molar refractivity (Wildman–Crippen MR) is 140 cm³/mol. The standard InChI is InChI=1S/C24H22ClF3N4O4S2/c1-23(2,3)30-38(35,36)13-31-21(33)20(37-22(31)34)9-14-4-7-19-16(8-14)11-29-32(19)12-15-5-6-17(25)10-18(15)24(26,27)28/h4-11,30H,12-13H2,1-3H3. The number of halogens is 4. The van der Waals surface area contributed by atoms with Crippen LogP contribution in [-0.4, -0.2) is 45.7 Å². The van der Waals surface area contributed by atoms with Gasteiger partial charge in [0.05, 0.1) is 28.7 Å². The third-order valence-electron chi connectivity index (χ3n) is 5.30. The maximum absolute atomic E-state index is 13.5. The van der Waals surface area contributed by atoms with Gasteiger partial charge in [-0.05, 0) is 74.0 Å². The van der Waals surface area contributed by atoms with Crippen molar-refractivity contribution in [3.8, 4) is 0 Å². The largest absolute Gasteiger partial charge is 0.416 e. The van der Waals surface area contributed by atoms with E-state index >= 15 is 0 Å². The maximum Gasteiger partial charge on any atom is 0.416 e. The monoisotopic (exact) mass is 586 g/mol. The molecule has 2 amide bonds. The Morgan fingerprint density at radius 2 is 1.82 bits per heavy atom. The molecule has 0 saturated carbocycles. The summed E-state index contributed by atoms with van der Waals surface area (Å²) in [5, 5.41) is 4.07. The van der Waals surface area contributed by atoms with Crippen molar-refractivity contribution in [2.75, 3.05) is 5.88 Å². The van der Waals surface area contributed by atoms with Crippen molar-refractivity contribution in [2.24, 2.45) is 0 Å². The highest BCUT2D eigenvalue weighted by atomic mass is 35.5. The van der Waals surface area contributed by atoms with E-state index < -0.39 is 44.3 Å². The molecule has 0 aliphatic carbocycles. The second kappa shape index (κ2) is 10.0.